The Kier molecular flexibility index (Phi) is 4.11. The van der Waals surface area contributed by atoms with Gasteiger partial charge < -0.3 is 20.5 Å². The fraction of sp³-hybridized carbons (Fsp3) is 0.500. The van der Waals surface area contributed by atoms with Gasteiger partial charge in [0.1, 0.15) is 0 Å². The summed E-state index contributed by atoms with van der Waals surface area (Å²) >= 11 is 0. The molecular formula is C12H17N3O3. The maximum Gasteiger partial charge on any atom is 0.228 e. The Bertz CT molecular complexity index is 408. The van der Waals surface area contributed by atoms with E-state index in [1.165, 1.54) is 0 Å². The number of carbonyl (C=O) groups is 1. The van der Waals surface area contributed by atoms with E-state index in [1.54, 1.807) is 23.2 Å². The Labute approximate surface area is 105 Å². The van der Waals surface area contributed by atoms with E-state index in [4.69, 9.17) is 15.6 Å². The van der Waals surface area contributed by atoms with E-state index in [-0.39, 0.29) is 25.0 Å². The number of aliphatic hydroxyl groups excluding tert-OH is 1. The standard InChI is InChI=1S/C12H17N3O3/c13-9-1-2-10(14-6-9)5-12(17)15-3-4-18-11(7-15)8-16/h1-2,6,11,16H,3-5,7-8,13H2. The minimum atomic E-state index is -0.276. The summed E-state index contributed by atoms with van der Waals surface area (Å²) in [7, 11) is 0. The third-order valence-electron chi connectivity index (χ3n) is 2.88. The number of rotatable bonds is 3. The molecule has 2 heterocycles. The predicted molar refractivity (Wildman–Crippen MR) is 65.8 cm³/mol. The van der Waals surface area contributed by atoms with Gasteiger partial charge in [-0.05, 0) is 12.1 Å². The first-order chi connectivity index (χ1) is 8.69. The summed E-state index contributed by atoms with van der Waals surface area (Å²) in [5.74, 6) is -0.00554. The highest BCUT2D eigenvalue weighted by Gasteiger charge is 2.23. The average molecular weight is 251 g/mol. The molecule has 1 atom stereocenters. The molecule has 0 radical (unpaired) electrons. The zero-order valence-corrected chi connectivity index (χ0v) is 10.1. The Morgan fingerprint density at radius 3 is 3.11 bits per heavy atom. The molecule has 1 saturated heterocycles. The Hall–Kier alpha value is -1.66. The summed E-state index contributed by atoms with van der Waals surface area (Å²) in [5, 5.41) is 9.02. The number of anilines is 1. The van der Waals surface area contributed by atoms with E-state index in [1.807, 2.05) is 0 Å². The third kappa shape index (κ3) is 3.18. The predicted octanol–water partition coefficient (Wildman–Crippen LogP) is -0.574. The van der Waals surface area contributed by atoms with Crippen LogP contribution in [-0.2, 0) is 16.0 Å². The fourth-order valence-electron chi connectivity index (χ4n) is 1.86. The van der Waals surface area contributed by atoms with Crippen molar-refractivity contribution < 1.29 is 14.6 Å². The van der Waals surface area contributed by atoms with Crippen molar-refractivity contribution in [3.63, 3.8) is 0 Å². The smallest absolute Gasteiger partial charge is 0.228 e. The minimum absolute atomic E-state index is 0.00554. The van der Waals surface area contributed by atoms with Crippen LogP contribution in [0.1, 0.15) is 5.69 Å². The number of aliphatic hydroxyl groups is 1. The van der Waals surface area contributed by atoms with Crippen molar-refractivity contribution in [2.45, 2.75) is 12.5 Å². The molecule has 1 fully saturated rings. The molecule has 1 unspecified atom stereocenters. The zero-order valence-electron chi connectivity index (χ0n) is 10.1. The number of carbonyl (C=O) groups excluding carboxylic acids is 1. The second kappa shape index (κ2) is 5.79. The number of morpholine rings is 1. The fourth-order valence-corrected chi connectivity index (χ4v) is 1.86. The quantitative estimate of drug-likeness (QED) is 0.750. The summed E-state index contributed by atoms with van der Waals surface area (Å²) in [6, 6.07) is 3.47. The lowest BCUT2D eigenvalue weighted by molar-refractivity contribution is -0.139. The molecule has 1 aliphatic rings. The first-order valence-electron chi connectivity index (χ1n) is 5.89. The molecule has 0 aliphatic carbocycles. The molecular weight excluding hydrogens is 234 g/mol. The molecule has 1 amide bonds. The van der Waals surface area contributed by atoms with Gasteiger partial charge in [-0.1, -0.05) is 0 Å². The highest BCUT2D eigenvalue weighted by Crippen LogP contribution is 2.08. The van der Waals surface area contributed by atoms with Gasteiger partial charge in [-0.2, -0.15) is 0 Å². The van der Waals surface area contributed by atoms with Gasteiger partial charge in [0.25, 0.3) is 0 Å². The van der Waals surface area contributed by atoms with Crippen molar-refractivity contribution in [3.8, 4) is 0 Å². The molecule has 98 valence electrons. The molecule has 3 N–H and O–H groups in total. The molecule has 2 rings (SSSR count). The number of hydrogen-bond acceptors (Lipinski definition) is 5. The van der Waals surface area contributed by atoms with Crippen molar-refractivity contribution in [2.24, 2.45) is 0 Å². The molecule has 0 saturated carbocycles. The van der Waals surface area contributed by atoms with E-state index < -0.39 is 0 Å². The van der Waals surface area contributed by atoms with Gasteiger partial charge in [-0.25, -0.2) is 0 Å². The number of amides is 1. The summed E-state index contributed by atoms with van der Waals surface area (Å²) in [6.45, 7) is 1.39. The van der Waals surface area contributed by atoms with Crippen molar-refractivity contribution >= 4 is 11.6 Å². The largest absolute Gasteiger partial charge is 0.397 e. The van der Waals surface area contributed by atoms with Crippen molar-refractivity contribution in [3.05, 3.63) is 24.0 Å². The highest BCUT2D eigenvalue weighted by molar-refractivity contribution is 5.78. The molecule has 6 nitrogen and oxygen atoms in total. The lowest BCUT2D eigenvalue weighted by Crippen LogP contribution is -2.47. The number of nitrogen functional groups attached to an aromatic ring is 1. The molecule has 18 heavy (non-hydrogen) atoms. The van der Waals surface area contributed by atoms with E-state index >= 15 is 0 Å². The van der Waals surface area contributed by atoms with Gasteiger partial charge in [0, 0.05) is 18.8 Å². The molecule has 0 bridgehead atoms. The van der Waals surface area contributed by atoms with Crippen LogP contribution in [0.5, 0.6) is 0 Å². The first kappa shape index (κ1) is 12.8. The number of ether oxygens (including phenoxy) is 1. The molecule has 1 aromatic heterocycles. The highest BCUT2D eigenvalue weighted by atomic mass is 16.5. The molecule has 0 spiro atoms. The Morgan fingerprint density at radius 2 is 2.44 bits per heavy atom. The van der Waals surface area contributed by atoms with Gasteiger partial charge in [-0.15, -0.1) is 0 Å². The van der Waals surface area contributed by atoms with Crippen LogP contribution in [0.4, 0.5) is 5.69 Å². The van der Waals surface area contributed by atoms with E-state index in [0.717, 1.165) is 0 Å². The number of nitrogens with two attached hydrogens (primary N) is 1. The third-order valence-corrected chi connectivity index (χ3v) is 2.88. The zero-order chi connectivity index (χ0) is 13.0. The molecule has 1 aliphatic heterocycles. The van der Waals surface area contributed by atoms with E-state index in [9.17, 15) is 4.79 Å². The van der Waals surface area contributed by atoms with E-state index in [2.05, 4.69) is 4.98 Å². The van der Waals surface area contributed by atoms with Gasteiger partial charge >= 0.3 is 0 Å². The topological polar surface area (TPSA) is 88.7 Å². The molecule has 6 heteroatoms. The van der Waals surface area contributed by atoms with Crippen LogP contribution in [0.2, 0.25) is 0 Å². The Morgan fingerprint density at radius 1 is 1.61 bits per heavy atom. The van der Waals surface area contributed by atoms with Crippen LogP contribution in [0.25, 0.3) is 0 Å². The van der Waals surface area contributed by atoms with Crippen LogP contribution in [-0.4, -0.2) is 53.3 Å². The van der Waals surface area contributed by atoms with Gasteiger partial charge in [-0.3, -0.25) is 9.78 Å². The van der Waals surface area contributed by atoms with Crippen LogP contribution >= 0.6 is 0 Å². The van der Waals surface area contributed by atoms with Gasteiger partial charge in [0.2, 0.25) is 5.91 Å². The summed E-state index contributed by atoms with van der Waals surface area (Å²) in [6.07, 6.45) is 1.51. The van der Waals surface area contributed by atoms with Crippen LogP contribution in [0, 0.1) is 0 Å². The van der Waals surface area contributed by atoms with Gasteiger partial charge in [0.05, 0.1) is 37.6 Å². The monoisotopic (exact) mass is 251 g/mol. The number of nitrogens with zero attached hydrogens (tertiary/aromatic N) is 2. The van der Waals surface area contributed by atoms with Crippen molar-refractivity contribution in [1.82, 2.24) is 9.88 Å². The lowest BCUT2D eigenvalue weighted by Gasteiger charge is -2.32. The maximum atomic E-state index is 12.0. The summed E-state index contributed by atoms with van der Waals surface area (Å²) in [4.78, 5) is 17.8. The van der Waals surface area contributed by atoms with Crippen LogP contribution in [0.15, 0.2) is 18.3 Å². The Balaban J connectivity index is 1.93. The second-order valence-electron chi connectivity index (χ2n) is 4.27. The lowest BCUT2D eigenvalue weighted by atomic mass is 10.2. The average Bonchev–Trinajstić information content (AvgIpc) is 2.41. The molecule has 1 aromatic rings. The van der Waals surface area contributed by atoms with Crippen LogP contribution < -0.4 is 5.73 Å². The van der Waals surface area contributed by atoms with Crippen LogP contribution in [0.3, 0.4) is 0 Å². The van der Waals surface area contributed by atoms with Gasteiger partial charge in [0.15, 0.2) is 0 Å². The minimum Gasteiger partial charge on any atom is -0.397 e. The van der Waals surface area contributed by atoms with E-state index in [0.29, 0.717) is 31.1 Å². The number of pyridine rings is 1. The molecule has 0 aromatic carbocycles. The maximum absolute atomic E-state index is 12.0. The van der Waals surface area contributed by atoms with Crippen molar-refractivity contribution in [2.75, 3.05) is 32.0 Å². The summed E-state index contributed by atoms with van der Waals surface area (Å²) in [5.41, 5.74) is 6.81. The SMILES string of the molecule is Nc1ccc(CC(=O)N2CCOC(CO)C2)nc1. The normalized spacial score (nSPS) is 19.8. The number of aromatic nitrogens is 1. The summed E-state index contributed by atoms with van der Waals surface area (Å²) < 4.78 is 5.30. The van der Waals surface area contributed by atoms with Crippen molar-refractivity contribution in [1.29, 1.82) is 0 Å². The second-order valence-corrected chi connectivity index (χ2v) is 4.27. The first-order valence-corrected chi connectivity index (χ1v) is 5.89. The number of hydrogen-bond donors (Lipinski definition) is 2.